The Bertz CT molecular complexity index is 548. The third-order valence-corrected chi connectivity index (χ3v) is 3.15. The minimum Gasteiger partial charge on any atom is -0.360 e. The zero-order valence-electron chi connectivity index (χ0n) is 10.3. The number of hydrogen-bond acceptors (Lipinski definition) is 2. The Hall–Kier alpha value is -1.93. The van der Waals surface area contributed by atoms with E-state index >= 15 is 0 Å². The van der Waals surface area contributed by atoms with Crippen LogP contribution in [0.1, 0.15) is 24.2 Å². The SMILES string of the molecule is C/C(=C\c1ccccc1)[C@H]1O[C@@H]1c1cccnc1. The van der Waals surface area contributed by atoms with E-state index in [0.717, 1.165) is 5.56 Å². The van der Waals surface area contributed by atoms with Crippen molar-refractivity contribution >= 4 is 6.08 Å². The van der Waals surface area contributed by atoms with Crippen LogP contribution in [-0.2, 0) is 4.74 Å². The lowest BCUT2D eigenvalue weighted by Crippen LogP contribution is -1.91. The standard InChI is InChI=1S/C16H15NO/c1-12(10-13-6-3-2-4-7-13)15-16(18-15)14-8-5-9-17-11-14/h2-11,15-16H,1H3/b12-10+/t15-,16-/m1/s1. The maximum absolute atomic E-state index is 5.73. The molecule has 0 N–H and O–H groups in total. The van der Waals surface area contributed by atoms with Crippen LogP contribution in [0.3, 0.4) is 0 Å². The molecule has 0 bridgehead atoms. The number of rotatable bonds is 3. The summed E-state index contributed by atoms with van der Waals surface area (Å²) in [6.07, 6.45) is 6.22. The van der Waals surface area contributed by atoms with Crippen LogP contribution in [0.4, 0.5) is 0 Å². The van der Waals surface area contributed by atoms with Crippen molar-refractivity contribution in [2.24, 2.45) is 0 Å². The van der Waals surface area contributed by atoms with Crippen LogP contribution < -0.4 is 0 Å². The Morgan fingerprint density at radius 1 is 1.17 bits per heavy atom. The number of nitrogens with zero attached hydrogens (tertiary/aromatic N) is 1. The number of hydrogen-bond donors (Lipinski definition) is 0. The summed E-state index contributed by atoms with van der Waals surface area (Å²) in [5.41, 5.74) is 3.63. The van der Waals surface area contributed by atoms with Crippen molar-refractivity contribution in [1.82, 2.24) is 4.98 Å². The van der Waals surface area contributed by atoms with E-state index in [9.17, 15) is 0 Å². The highest BCUT2D eigenvalue weighted by molar-refractivity contribution is 5.54. The van der Waals surface area contributed by atoms with E-state index in [1.54, 1.807) is 6.20 Å². The normalized spacial score (nSPS) is 22.8. The first-order valence-electron chi connectivity index (χ1n) is 6.13. The van der Waals surface area contributed by atoms with E-state index in [2.05, 4.69) is 36.2 Å². The van der Waals surface area contributed by atoms with Crippen LogP contribution in [0.2, 0.25) is 0 Å². The molecule has 1 aromatic carbocycles. The van der Waals surface area contributed by atoms with Gasteiger partial charge in [-0.25, -0.2) is 0 Å². The van der Waals surface area contributed by atoms with Gasteiger partial charge in [-0.3, -0.25) is 4.98 Å². The fourth-order valence-electron chi connectivity index (χ4n) is 2.15. The fourth-order valence-corrected chi connectivity index (χ4v) is 2.15. The molecule has 1 aromatic heterocycles. The van der Waals surface area contributed by atoms with Gasteiger partial charge in [0, 0.05) is 18.0 Å². The van der Waals surface area contributed by atoms with Crippen molar-refractivity contribution < 1.29 is 4.74 Å². The summed E-state index contributed by atoms with van der Waals surface area (Å²) in [4.78, 5) is 4.12. The van der Waals surface area contributed by atoms with Crippen LogP contribution in [0.25, 0.3) is 6.08 Å². The second-order valence-corrected chi connectivity index (χ2v) is 4.56. The van der Waals surface area contributed by atoms with Gasteiger partial charge in [0.1, 0.15) is 12.2 Å². The van der Waals surface area contributed by atoms with E-state index < -0.39 is 0 Å². The zero-order chi connectivity index (χ0) is 12.4. The van der Waals surface area contributed by atoms with Crippen LogP contribution in [0, 0.1) is 0 Å². The molecular formula is C16H15NO. The number of pyridine rings is 1. The first-order valence-corrected chi connectivity index (χ1v) is 6.13. The fraction of sp³-hybridized carbons (Fsp3) is 0.188. The van der Waals surface area contributed by atoms with Gasteiger partial charge in [0.2, 0.25) is 0 Å². The molecule has 0 spiro atoms. The van der Waals surface area contributed by atoms with Gasteiger partial charge in [-0.1, -0.05) is 42.5 Å². The second kappa shape index (κ2) is 4.75. The maximum atomic E-state index is 5.73. The van der Waals surface area contributed by atoms with Crippen LogP contribution in [-0.4, -0.2) is 11.1 Å². The predicted octanol–water partition coefficient (Wildman–Crippen LogP) is 3.63. The van der Waals surface area contributed by atoms with Crippen molar-refractivity contribution in [3.63, 3.8) is 0 Å². The number of epoxide rings is 1. The van der Waals surface area contributed by atoms with Gasteiger partial charge in [0.25, 0.3) is 0 Å². The molecule has 2 heterocycles. The molecule has 18 heavy (non-hydrogen) atoms. The summed E-state index contributed by atoms with van der Waals surface area (Å²) in [7, 11) is 0. The summed E-state index contributed by atoms with van der Waals surface area (Å²) in [6, 6.07) is 14.3. The molecule has 2 heteroatoms. The van der Waals surface area contributed by atoms with Crippen LogP contribution >= 0.6 is 0 Å². The summed E-state index contributed by atoms with van der Waals surface area (Å²) < 4.78 is 5.73. The molecular weight excluding hydrogens is 222 g/mol. The summed E-state index contributed by atoms with van der Waals surface area (Å²) in [5.74, 6) is 0. The molecule has 2 atom stereocenters. The van der Waals surface area contributed by atoms with E-state index in [-0.39, 0.29) is 12.2 Å². The van der Waals surface area contributed by atoms with Gasteiger partial charge in [-0.05, 0) is 24.1 Å². The molecule has 0 aliphatic carbocycles. The summed E-state index contributed by atoms with van der Waals surface area (Å²) >= 11 is 0. The lowest BCUT2D eigenvalue weighted by molar-refractivity contribution is 0.389. The minimum atomic E-state index is 0.179. The van der Waals surface area contributed by atoms with E-state index in [0.29, 0.717) is 0 Å². The molecule has 0 unspecified atom stereocenters. The van der Waals surface area contributed by atoms with E-state index in [1.165, 1.54) is 11.1 Å². The number of ether oxygens (including phenoxy) is 1. The predicted molar refractivity (Wildman–Crippen MR) is 71.9 cm³/mol. The van der Waals surface area contributed by atoms with Crippen molar-refractivity contribution in [3.8, 4) is 0 Å². The average molecular weight is 237 g/mol. The zero-order valence-corrected chi connectivity index (χ0v) is 10.3. The maximum Gasteiger partial charge on any atom is 0.115 e. The van der Waals surface area contributed by atoms with Crippen molar-refractivity contribution in [3.05, 3.63) is 71.6 Å². The lowest BCUT2D eigenvalue weighted by atomic mass is 10.0. The third kappa shape index (κ3) is 2.34. The van der Waals surface area contributed by atoms with Gasteiger partial charge >= 0.3 is 0 Å². The molecule has 1 aliphatic heterocycles. The Labute approximate surface area is 107 Å². The smallest absolute Gasteiger partial charge is 0.115 e. The quantitative estimate of drug-likeness (QED) is 0.762. The topological polar surface area (TPSA) is 25.4 Å². The first-order chi connectivity index (χ1) is 8.84. The molecule has 0 saturated carbocycles. The van der Waals surface area contributed by atoms with Crippen molar-refractivity contribution in [2.75, 3.05) is 0 Å². The van der Waals surface area contributed by atoms with Gasteiger partial charge in [-0.2, -0.15) is 0 Å². The Morgan fingerprint density at radius 2 is 2.00 bits per heavy atom. The summed E-state index contributed by atoms with van der Waals surface area (Å²) in [6.45, 7) is 2.12. The molecule has 1 fully saturated rings. The molecule has 2 aromatic rings. The van der Waals surface area contributed by atoms with Crippen molar-refractivity contribution in [1.29, 1.82) is 0 Å². The molecule has 2 nitrogen and oxygen atoms in total. The molecule has 3 rings (SSSR count). The van der Waals surface area contributed by atoms with E-state index in [4.69, 9.17) is 4.74 Å². The highest BCUT2D eigenvalue weighted by Crippen LogP contribution is 2.42. The summed E-state index contributed by atoms with van der Waals surface area (Å²) in [5, 5.41) is 0. The monoisotopic (exact) mass is 237 g/mol. The van der Waals surface area contributed by atoms with Gasteiger partial charge < -0.3 is 4.74 Å². The van der Waals surface area contributed by atoms with Crippen molar-refractivity contribution in [2.45, 2.75) is 19.1 Å². The Morgan fingerprint density at radius 3 is 2.72 bits per heavy atom. The Kier molecular flexibility index (Phi) is 2.95. The highest BCUT2D eigenvalue weighted by atomic mass is 16.6. The molecule has 1 aliphatic rings. The molecule has 0 radical (unpaired) electrons. The molecule has 0 amide bonds. The number of aromatic nitrogens is 1. The molecule has 1 saturated heterocycles. The third-order valence-electron chi connectivity index (χ3n) is 3.15. The first kappa shape index (κ1) is 11.2. The molecule has 90 valence electrons. The van der Waals surface area contributed by atoms with Gasteiger partial charge in [0.05, 0.1) is 0 Å². The van der Waals surface area contributed by atoms with Crippen LogP contribution in [0.5, 0.6) is 0 Å². The van der Waals surface area contributed by atoms with Gasteiger partial charge in [-0.15, -0.1) is 0 Å². The minimum absolute atomic E-state index is 0.179. The average Bonchev–Trinajstić information content (AvgIpc) is 3.21. The number of benzene rings is 1. The Balaban J connectivity index is 1.73. The van der Waals surface area contributed by atoms with Crippen LogP contribution in [0.15, 0.2) is 60.4 Å². The van der Waals surface area contributed by atoms with Gasteiger partial charge in [0.15, 0.2) is 0 Å². The highest BCUT2D eigenvalue weighted by Gasteiger charge is 2.41. The largest absolute Gasteiger partial charge is 0.360 e. The van der Waals surface area contributed by atoms with E-state index in [1.807, 2.05) is 30.5 Å². The lowest BCUT2D eigenvalue weighted by Gasteiger charge is -1.97. The second-order valence-electron chi connectivity index (χ2n) is 4.56.